The Morgan fingerprint density at radius 2 is 1.14 bits per heavy atom. The summed E-state index contributed by atoms with van der Waals surface area (Å²) in [6.07, 6.45) is 3.28. The molecule has 566 valence electrons. The average Bonchev–Trinajstić information content (AvgIpc) is 0.856. The molecule has 0 aliphatic carbocycles. The van der Waals surface area contributed by atoms with E-state index in [0.29, 0.717) is 43.2 Å². The van der Waals surface area contributed by atoms with Gasteiger partial charge in [0.05, 0.1) is 25.6 Å². The van der Waals surface area contributed by atoms with Gasteiger partial charge >= 0.3 is 18.0 Å². The Balaban J connectivity index is 2.30. The molecule has 36 heteroatoms. The fraction of sp³-hybridized carbons (Fsp3) is 0.567. The quantitative estimate of drug-likeness (QED) is 0.00694. The lowest BCUT2D eigenvalue weighted by molar-refractivity contribution is -0.143. The molecule has 2 aromatic carbocycles. The number of ether oxygens (including phenoxy) is 1. The number of amides is 12. The molecule has 2 aromatic rings. The van der Waals surface area contributed by atoms with E-state index in [2.05, 4.69) is 79.4 Å². The number of aliphatic hydroxyl groups excluding tert-OH is 1. The molecule has 0 saturated carbocycles. The Labute approximate surface area is 597 Å². The second kappa shape index (κ2) is 46.4. The number of nitrogens with one attached hydrogen (secondary N) is 11. The number of azide groups is 1. The maximum absolute atomic E-state index is 14.2. The zero-order valence-electron chi connectivity index (χ0n) is 59.3. The van der Waals surface area contributed by atoms with Gasteiger partial charge < -0.3 is 94.9 Å². The fourth-order valence-corrected chi connectivity index (χ4v) is 9.75. The zero-order valence-corrected chi connectivity index (χ0v) is 59.3. The van der Waals surface area contributed by atoms with Crippen LogP contribution in [0.5, 0.6) is 0 Å². The average molecular weight is 1450 g/mol. The second-order valence-electron chi connectivity index (χ2n) is 25.3. The van der Waals surface area contributed by atoms with Crippen molar-refractivity contribution in [1.29, 1.82) is 0 Å². The van der Waals surface area contributed by atoms with Crippen LogP contribution in [0.2, 0.25) is 0 Å². The number of aliphatic imine (C=N–C) groups is 1. The Kier molecular flexibility index (Phi) is 39.6. The molecular weight excluding hydrogens is 1340 g/mol. The molecule has 0 heterocycles. The Hall–Kier alpha value is -11.1. The third-order valence-corrected chi connectivity index (χ3v) is 15.3. The standard InChI is InChI=1S/C67H100N18O18/c1-10-33-85(38-52(89)79-49(64(100)101)35-44-25-16-13-17-26-44)63(99)41(5)76-59(95)47(34-43-23-14-12-15-24-43)81-62(98)55(42(6)86)83-60(96)48(36-53(90)91)78-51(88)37-73-57(93)45(28-22-31-71-65(68)69)80-61(97)54(39(3)11-2)82-56(92)40(4)75-58(94)46(77-50(87)29-19-21-32-74-84-70)27-18-20-30-72-66(102)103-67(7,8)9/h1,12-17,23-26,39-42,45-49,54-55,86H,11,18-22,27-38H2,2-9H3,(H,72,102)(H,73,93)(H,75,94)(H,76,95)(H,77,87)(H,78,88)(H,79,89)(H,80,97)(H,81,98)(H,82,92)(H,83,96)(H,90,91)(H,100,101)(H4,68,69,71)/t39-,40-,41-,42+,45-,46-,47-,48-,49-,54-,55-/m0/s1. The third-order valence-electron chi connectivity index (χ3n) is 15.3. The van der Waals surface area contributed by atoms with Crippen molar-refractivity contribution in [3.05, 3.63) is 82.2 Å². The van der Waals surface area contributed by atoms with Crippen molar-refractivity contribution in [1.82, 2.24) is 63.4 Å². The number of carboxylic acid groups (broad SMARTS) is 2. The summed E-state index contributed by atoms with van der Waals surface area (Å²) < 4.78 is 5.25. The first-order valence-electron chi connectivity index (χ1n) is 33.5. The highest BCUT2D eigenvalue weighted by Crippen LogP contribution is 2.14. The molecule has 0 aliphatic heterocycles. The van der Waals surface area contributed by atoms with E-state index in [-0.39, 0.29) is 64.1 Å². The number of aliphatic carboxylic acids is 2. The first kappa shape index (κ1) is 88.0. The van der Waals surface area contributed by atoms with Crippen molar-refractivity contribution in [2.45, 2.75) is 199 Å². The van der Waals surface area contributed by atoms with Gasteiger partial charge in [0.1, 0.15) is 66.5 Å². The number of nitrogens with two attached hydrogens (primary N) is 2. The molecule has 0 fully saturated rings. The number of hydrogen-bond acceptors (Lipinski definition) is 18. The number of unbranched alkanes of at least 4 members (excludes halogenated alkanes) is 2. The lowest BCUT2D eigenvalue weighted by Crippen LogP contribution is -2.61. The molecule has 12 amide bonds. The van der Waals surface area contributed by atoms with E-state index >= 15 is 0 Å². The third kappa shape index (κ3) is 35.7. The van der Waals surface area contributed by atoms with Crippen LogP contribution in [-0.4, -0.2) is 215 Å². The topological polar surface area (TPSA) is 558 Å². The minimum absolute atomic E-state index is 0.0172. The van der Waals surface area contributed by atoms with Gasteiger partial charge in [-0.25, -0.2) is 9.59 Å². The van der Waals surface area contributed by atoms with Crippen molar-refractivity contribution in [2.24, 2.45) is 27.5 Å². The van der Waals surface area contributed by atoms with E-state index in [1.165, 1.54) is 13.8 Å². The Morgan fingerprint density at radius 3 is 1.70 bits per heavy atom. The van der Waals surface area contributed by atoms with Crippen molar-refractivity contribution in [3.8, 4) is 12.3 Å². The number of carbonyl (C=O) groups is 14. The van der Waals surface area contributed by atoms with Gasteiger partial charge in [-0.2, -0.15) is 0 Å². The van der Waals surface area contributed by atoms with Crippen LogP contribution in [0.3, 0.4) is 0 Å². The Bertz CT molecular complexity index is 3320. The fourth-order valence-electron chi connectivity index (χ4n) is 9.75. The Morgan fingerprint density at radius 1 is 0.602 bits per heavy atom. The molecule has 0 spiro atoms. The van der Waals surface area contributed by atoms with Gasteiger partial charge in [0.15, 0.2) is 5.96 Å². The molecule has 0 unspecified atom stereocenters. The van der Waals surface area contributed by atoms with Crippen LogP contribution in [0, 0.1) is 18.3 Å². The molecule has 0 bridgehead atoms. The van der Waals surface area contributed by atoms with Gasteiger partial charge in [0.25, 0.3) is 0 Å². The molecule has 0 saturated heterocycles. The molecular formula is C67H100N18O18. The highest BCUT2D eigenvalue weighted by atomic mass is 16.6. The van der Waals surface area contributed by atoms with Crippen molar-refractivity contribution in [3.63, 3.8) is 0 Å². The summed E-state index contributed by atoms with van der Waals surface area (Å²) in [5.74, 6) is -12.1. The highest BCUT2D eigenvalue weighted by Gasteiger charge is 2.37. The number of aliphatic hydroxyl groups is 1. The number of carboxylic acids is 2. The van der Waals surface area contributed by atoms with E-state index < -0.39 is 181 Å². The van der Waals surface area contributed by atoms with E-state index in [0.717, 1.165) is 11.8 Å². The maximum Gasteiger partial charge on any atom is 0.407 e. The number of alkyl carbamates (subject to hydrolysis) is 1. The van der Waals surface area contributed by atoms with Crippen LogP contribution in [-0.2, 0) is 79.9 Å². The van der Waals surface area contributed by atoms with Gasteiger partial charge in [-0.15, -0.1) is 6.42 Å². The first-order valence-corrected chi connectivity index (χ1v) is 33.5. The summed E-state index contributed by atoms with van der Waals surface area (Å²) in [7, 11) is 0. The highest BCUT2D eigenvalue weighted by molar-refractivity contribution is 5.99. The predicted octanol–water partition coefficient (Wildman–Crippen LogP) is -1.33. The van der Waals surface area contributed by atoms with Crippen LogP contribution >= 0.6 is 0 Å². The lowest BCUT2D eigenvalue weighted by atomic mass is 9.97. The van der Waals surface area contributed by atoms with Gasteiger partial charge in [0, 0.05) is 43.8 Å². The molecule has 2 rings (SSSR count). The summed E-state index contributed by atoms with van der Waals surface area (Å²) in [5, 5.41) is 61.0. The minimum Gasteiger partial charge on any atom is -0.481 e. The van der Waals surface area contributed by atoms with Gasteiger partial charge in [0.2, 0.25) is 65.0 Å². The number of rotatable bonds is 46. The summed E-state index contributed by atoms with van der Waals surface area (Å²) in [6, 6.07) is 2.86. The smallest absolute Gasteiger partial charge is 0.407 e. The SMILES string of the molecule is C#CCN(CC(=O)N[C@@H](Cc1ccccc1)C(=O)O)C(=O)[C@H](C)NC(=O)[C@H](Cc1ccccc1)NC(=O)[C@@H](NC(=O)[C@H](CC(=O)O)NC(=O)CNC(=O)[C@H](CCCN=C(N)N)NC(=O)[C@@H](NC(=O)[C@H](C)NC(=O)[C@H](CCCCNC(=O)OC(C)(C)C)NC(=O)CCCCN=[N+]=[N-])[C@@H](C)CC)[C@@H](C)O. The van der Waals surface area contributed by atoms with E-state index in [1.54, 1.807) is 95.3 Å². The number of benzene rings is 2. The summed E-state index contributed by atoms with van der Waals surface area (Å²) in [6.45, 7) is 10.3. The number of terminal acetylenes is 1. The van der Waals surface area contributed by atoms with Gasteiger partial charge in [-0.05, 0) is 109 Å². The van der Waals surface area contributed by atoms with E-state index in [1.807, 2.05) is 0 Å². The van der Waals surface area contributed by atoms with Crippen LogP contribution in [0.15, 0.2) is 70.8 Å². The lowest BCUT2D eigenvalue weighted by Gasteiger charge is -2.28. The van der Waals surface area contributed by atoms with Gasteiger partial charge in [-0.3, -0.25) is 62.5 Å². The monoisotopic (exact) mass is 1440 g/mol. The number of nitrogens with zero attached hydrogens (tertiary/aromatic N) is 5. The number of hydrogen-bond donors (Lipinski definition) is 16. The normalized spacial score (nSPS) is 14.1. The largest absolute Gasteiger partial charge is 0.481 e. The number of carbonyl (C=O) groups excluding carboxylic acids is 12. The summed E-state index contributed by atoms with van der Waals surface area (Å²) in [4.78, 5) is 195. The van der Waals surface area contributed by atoms with Crippen LogP contribution < -0.4 is 70.0 Å². The van der Waals surface area contributed by atoms with E-state index in [4.69, 9.17) is 28.2 Å². The van der Waals surface area contributed by atoms with Crippen molar-refractivity contribution < 1.29 is 87.2 Å². The van der Waals surface area contributed by atoms with Crippen LogP contribution in [0.1, 0.15) is 131 Å². The maximum atomic E-state index is 14.2. The van der Waals surface area contributed by atoms with E-state index in [9.17, 15) is 82.4 Å². The first-order chi connectivity index (χ1) is 48.6. The predicted molar refractivity (Wildman–Crippen MR) is 374 cm³/mol. The zero-order chi connectivity index (χ0) is 77.4. The molecule has 18 N–H and O–H groups in total. The van der Waals surface area contributed by atoms with Gasteiger partial charge in [-0.1, -0.05) is 92.0 Å². The molecule has 11 atom stereocenters. The number of guanidine groups is 1. The molecule has 36 nitrogen and oxygen atoms in total. The van der Waals surface area contributed by atoms with Crippen LogP contribution in [0.4, 0.5) is 4.79 Å². The molecule has 0 aromatic heterocycles. The molecule has 0 aliphatic rings. The van der Waals surface area contributed by atoms with Crippen molar-refractivity contribution in [2.75, 3.05) is 39.3 Å². The second-order valence-corrected chi connectivity index (χ2v) is 25.3. The molecule has 103 heavy (non-hydrogen) atoms. The molecule has 0 radical (unpaired) electrons. The summed E-state index contributed by atoms with van der Waals surface area (Å²) >= 11 is 0. The summed E-state index contributed by atoms with van der Waals surface area (Å²) in [5.41, 5.74) is 19.9. The van der Waals surface area contributed by atoms with Crippen LogP contribution in [0.25, 0.3) is 10.4 Å². The minimum atomic E-state index is -2.00. The van der Waals surface area contributed by atoms with Crippen molar-refractivity contribution >= 4 is 89.0 Å².